The SMILES string of the molecule is CCC1CN(CC(C)(CO)CO)N=N1. The Morgan fingerprint density at radius 3 is 2.50 bits per heavy atom. The van der Waals surface area contributed by atoms with Gasteiger partial charge in [0, 0.05) is 12.0 Å². The molecule has 0 spiro atoms. The summed E-state index contributed by atoms with van der Waals surface area (Å²) in [7, 11) is 0. The Labute approximate surface area is 84.4 Å². The first-order chi connectivity index (χ1) is 6.63. The van der Waals surface area contributed by atoms with Crippen LogP contribution in [0.25, 0.3) is 0 Å². The molecule has 5 heteroatoms. The number of nitrogens with zero attached hydrogens (tertiary/aromatic N) is 3. The molecule has 82 valence electrons. The average Bonchev–Trinajstić information content (AvgIpc) is 2.65. The van der Waals surface area contributed by atoms with E-state index >= 15 is 0 Å². The summed E-state index contributed by atoms with van der Waals surface area (Å²) in [6, 6.07) is 0.275. The molecule has 0 amide bonds. The second-order valence-electron chi connectivity index (χ2n) is 4.24. The molecule has 0 aliphatic carbocycles. The molecule has 14 heavy (non-hydrogen) atoms. The van der Waals surface area contributed by atoms with Crippen LogP contribution in [0.3, 0.4) is 0 Å². The standard InChI is InChI=1S/C9H19N3O2/c1-3-8-4-12(11-10-8)5-9(2,6-13)7-14/h8,13-14H,3-7H2,1-2H3. The lowest BCUT2D eigenvalue weighted by molar-refractivity contribution is 0.0379. The van der Waals surface area contributed by atoms with Crippen LogP contribution < -0.4 is 0 Å². The van der Waals surface area contributed by atoms with E-state index in [9.17, 15) is 0 Å². The molecule has 0 saturated heterocycles. The molecule has 1 aliphatic heterocycles. The number of hydrogen-bond acceptors (Lipinski definition) is 5. The lowest BCUT2D eigenvalue weighted by Crippen LogP contribution is -2.38. The summed E-state index contributed by atoms with van der Waals surface area (Å²) in [6.45, 7) is 5.19. The molecule has 5 nitrogen and oxygen atoms in total. The largest absolute Gasteiger partial charge is 0.396 e. The zero-order valence-electron chi connectivity index (χ0n) is 8.85. The van der Waals surface area contributed by atoms with Crippen molar-refractivity contribution in [3.63, 3.8) is 0 Å². The van der Waals surface area contributed by atoms with Crippen LogP contribution >= 0.6 is 0 Å². The normalized spacial score (nSPS) is 22.0. The second kappa shape index (κ2) is 4.70. The number of aliphatic hydroxyl groups excluding tert-OH is 2. The van der Waals surface area contributed by atoms with Crippen LogP contribution in [-0.2, 0) is 0 Å². The van der Waals surface area contributed by atoms with E-state index in [0.717, 1.165) is 13.0 Å². The molecule has 1 aliphatic rings. The molecule has 0 saturated carbocycles. The third-order valence-electron chi connectivity index (χ3n) is 2.56. The first-order valence-corrected chi connectivity index (χ1v) is 5.01. The van der Waals surface area contributed by atoms with E-state index in [4.69, 9.17) is 10.2 Å². The molecule has 0 aromatic rings. The summed E-state index contributed by atoms with van der Waals surface area (Å²) >= 11 is 0. The molecular formula is C9H19N3O2. The third-order valence-corrected chi connectivity index (χ3v) is 2.56. The summed E-state index contributed by atoms with van der Waals surface area (Å²) < 4.78 is 0. The van der Waals surface area contributed by atoms with Crippen LogP contribution in [0.2, 0.25) is 0 Å². The van der Waals surface area contributed by atoms with Crippen molar-refractivity contribution in [2.45, 2.75) is 26.3 Å². The fraction of sp³-hybridized carbons (Fsp3) is 1.00. The lowest BCUT2D eigenvalue weighted by atomic mass is 9.93. The van der Waals surface area contributed by atoms with Crippen molar-refractivity contribution in [3.8, 4) is 0 Å². The van der Waals surface area contributed by atoms with Gasteiger partial charge in [-0.2, -0.15) is 5.11 Å². The first kappa shape index (κ1) is 11.4. The number of rotatable bonds is 5. The smallest absolute Gasteiger partial charge is 0.0918 e. The molecule has 0 radical (unpaired) electrons. The Balaban J connectivity index is 2.42. The maximum absolute atomic E-state index is 9.11. The Hall–Kier alpha value is -0.680. The summed E-state index contributed by atoms with van der Waals surface area (Å²) in [6.07, 6.45) is 0.981. The molecule has 0 aromatic carbocycles. The van der Waals surface area contributed by atoms with Gasteiger partial charge in [0.2, 0.25) is 0 Å². The Morgan fingerprint density at radius 2 is 2.07 bits per heavy atom. The highest BCUT2D eigenvalue weighted by Crippen LogP contribution is 2.20. The van der Waals surface area contributed by atoms with E-state index in [1.165, 1.54) is 0 Å². The van der Waals surface area contributed by atoms with Gasteiger partial charge in [0.05, 0.1) is 25.8 Å². The molecule has 0 bridgehead atoms. The topological polar surface area (TPSA) is 68.4 Å². The lowest BCUT2D eigenvalue weighted by Gasteiger charge is -2.28. The van der Waals surface area contributed by atoms with Crippen LogP contribution in [0.4, 0.5) is 0 Å². The highest BCUT2D eigenvalue weighted by atomic mass is 16.3. The summed E-state index contributed by atoms with van der Waals surface area (Å²) in [5, 5.41) is 28.1. The van der Waals surface area contributed by atoms with Gasteiger partial charge in [-0.05, 0) is 6.42 Å². The molecular weight excluding hydrogens is 182 g/mol. The van der Waals surface area contributed by atoms with Gasteiger partial charge < -0.3 is 10.2 Å². The first-order valence-electron chi connectivity index (χ1n) is 5.01. The minimum absolute atomic E-state index is 0.0354. The van der Waals surface area contributed by atoms with Crippen LogP contribution in [0.15, 0.2) is 10.3 Å². The molecule has 0 fully saturated rings. The quantitative estimate of drug-likeness (QED) is 0.678. The molecule has 2 N–H and O–H groups in total. The second-order valence-corrected chi connectivity index (χ2v) is 4.24. The van der Waals surface area contributed by atoms with Crippen LogP contribution in [-0.4, -0.2) is 47.6 Å². The maximum atomic E-state index is 9.11. The van der Waals surface area contributed by atoms with Gasteiger partial charge in [-0.1, -0.05) is 19.1 Å². The van der Waals surface area contributed by atoms with E-state index in [1.54, 1.807) is 0 Å². The van der Waals surface area contributed by atoms with Crippen molar-refractivity contribution in [2.24, 2.45) is 15.8 Å². The van der Waals surface area contributed by atoms with E-state index in [-0.39, 0.29) is 19.3 Å². The van der Waals surface area contributed by atoms with Crippen molar-refractivity contribution in [1.29, 1.82) is 0 Å². The van der Waals surface area contributed by atoms with Crippen LogP contribution in [0.1, 0.15) is 20.3 Å². The maximum Gasteiger partial charge on any atom is 0.0918 e. The van der Waals surface area contributed by atoms with Crippen molar-refractivity contribution in [1.82, 2.24) is 5.01 Å². The summed E-state index contributed by atoms with van der Waals surface area (Å²) in [4.78, 5) is 0. The molecule has 1 unspecified atom stereocenters. The van der Waals surface area contributed by atoms with E-state index in [1.807, 2.05) is 11.9 Å². The molecule has 1 atom stereocenters. The summed E-state index contributed by atoms with van der Waals surface area (Å²) in [5.41, 5.74) is -0.484. The molecule has 1 rings (SSSR count). The average molecular weight is 201 g/mol. The van der Waals surface area contributed by atoms with Crippen LogP contribution in [0.5, 0.6) is 0 Å². The minimum atomic E-state index is -0.484. The van der Waals surface area contributed by atoms with E-state index < -0.39 is 5.41 Å². The van der Waals surface area contributed by atoms with Gasteiger partial charge in [-0.3, -0.25) is 5.01 Å². The van der Waals surface area contributed by atoms with E-state index in [2.05, 4.69) is 17.3 Å². The third kappa shape index (κ3) is 2.65. The zero-order chi connectivity index (χ0) is 10.6. The van der Waals surface area contributed by atoms with Crippen molar-refractivity contribution >= 4 is 0 Å². The predicted octanol–water partition coefficient (Wildman–Crippen LogP) is 0.439. The Bertz CT molecular complexity index is 204. The fourth-order valence-electron chi connectivity index (χ4n) is 1.36. The molecule has 1 heterocycles. The van der Waals surface area contributed by atoms with Crippen molar-refractivity contribution < 1.29 is 10.2 Å². The Morgan fingerprint density at radius 1 is 1.43 bits per heavy atom. The highest BCUT2D eigenvalue weighted by Gasteiger charge is 2.28. The number of hydrogen-bond donors (Lipinski definition) is 2. The van der Waals surface area contributed by atoms with E-state index in [0.29, 0.717) is 6.54 Å². The van der Waals surface area contributed by atoms with Gasteiger partial charge in [0.25, 0.3) is 0 Å². The number of aliphatic hydroxyl groups is 2. The zero-order valence-corrected chi connectivity index (χ0v) is 8.85. The monoisotopic (exact) mass is 201 g/mol. The van der Waals surface area contributed by atoms with Gasteiger partial charge in [0.1, 0.15) is 0 Å². The molecule has 0 aromatic heterocycles. The van der Waals surface area contributed by atoms with Crippen molar-refractivity contribution in [2.75, 3.05) is 26.3 Å². The Kier molecular flexibility index (Phi) is 3.83. The van der Waals surface area contributed by atoms with Crippen molar-refractivity contribution in [3.05, 3.63) is 0 Å². The van der Waals surface area contributed by atoms with Gasteiger partial charge in [0.15, 0.2) is 0 Å². The van der Waals surface area contributed by atoms with Gasteiger partial charge >= 0.3 is 0 Å². The summed E-state index contributed by atoms with van der Waals surface area (Å²) in [5.74, 6) is 0. The fourth-order valence-corrected chi connectivity index (χ4v) is 1.36. The highest BCUT2D eigenvalue weighted by molar-refractivity contribution is 4.80. The van der Waals surface area contributed by atoms with Gasteiger partial charge in [-0.15, -0.1) is 0 Å². The van der Waals surface area contributed by atoms with Crippen LogP contribution in [0, 0.1) is 5.41 Å². The van der Waals surface area contributed by atoms with Gasteiger partial charge in [-0.25, -0.2) is 0 Å². The minimum Gasteiger partial charge on any atom is -0.396 e. The predicted molar refractivity (Wildman–Crippen MR) is 52.8 cm³/mol.